The average molecular weight is 387 g/mol. The number of thiazole rings is 1. The van der Waals surface area contributed by atoms with E-state index in [1.807, 2.05) is 5.32 Å². The van der Waals surface area contributed by atoms with Crippen LogP contribution in [0.15, 0.2) is 30.5 Å². The molecule has 0 unspecified atom stereocenters. The second-order valence-electron chi connectivity index (χ2n) is 5.41. The van der Waals surface area contributed by atoms with Crippen LogP contribution in [0.1, 0.15) is 20.8 Å². The molecular formula is C16H16F3N3O3S. The van der Waals surface area contributed by atoms with Crippen LogP contribution < -0.4 is 10.6 Å². The van der Waals surface area contributed by atoms with Crippen molar-refractivity contribution in [2.45, 2.75) is 25.7 Å². The Balaban J connectivity index is 2.49. The summed E-state index contributed by atoms with van der Waals surface area (Å²) in [5, 5.41) is 3.57. The predicted octanol–water partition coefficient (Wildman–Crippen LogP) is 3.03. The van der Waals surface area contributed by atoms with Gasteiger partial charge >= 0.3 is 17.8 Å². The SMILES string of the molecule is COC(=O)[C@@](NC(=O)c1ccccc1C)(Nc1ncc(C)s1)C(F)(F)F. The normalized spacial score (nSPS) is 13.6. The van der Waals surface area contributed by atoms with Crippen LogP contribution in [0.25, 0.3) is 0 Å². The second kappa shape index (κ2) is 7.32. The van der Waals surface area contributed by atoms with E-state index >= 15 is 0 Å². The Labute approximate surface area is 151 Å². The molecule has 6 nitrogen and oxygen atoms in total. The van der Waals surface area contributed by atoms with Crippen molar-refractivity contribution in [1.82, 2.24) is 10.3 Å². The van der Waals surface area contributed by atoms with Gasteiger partial charge in [-0.1, -0.05) is 18.2 Å². The summed E-state index contributed by atoms with van der Waals surface area (Å²) < 4.78 is 46.0. The highest BCUT2D eigenvalue weighted by molar-refractivity contribution is 7.15. The zero-order valence-electron chi connectivity index (χ0n) is 14.1. The lowest BCUT2D eigenvalue weighted by atomic mass is 10.1. The number of carbonyl (C=O) groups excluding carboxylic acids is 2. The molecule has 1 aromatic carbocycles. The molecule has 26 heavy (non-hydrogen) atoms. The summed E-state index contributed by atoms with van der Waals surface area (Å²) in [5.41, 5.74) is -3.02. The maximum Gasteiger partial charge on any atom is 0.442 e. The molecule has 1 amide bonds. The number of halogens is 3. The van der Waals surface area contributed by atoms with Gasteiger partial charge < -0.3 is 15.4 Å². The van der Waals surface area contributed by atoms with Crippen LogP contribution in [0.5, 0.6) is 0 Å². The number of anilines is 1. The molecule has 0 radical (unpaired) electrons. The fraction of sp³-hybridized carbons (Fsp3) is 0.312. The number of aromatic nitrogens is 1. The molecule has 2 N–H and O–H groups in total. The van der Waals surface area contributed by atoms with Gasteiger partial charge in [0.25, 0.3) is 5.91 Å². The molecule has 1 heterocycles. The smallest absolute Gasteiger partial charge is 0.442 e. The zero-order valence-corrected chi connectivity index (χ0v) is 14.9. The lowest BCUT2D eigenvalue weighted by molar-refractivity contribution is -0.203. The van der Waals surface area contributed by atoms with Crippen molar-refractivity contribution >= 4 is 28.3 Å². The van der Waals surface area contributed by atoms with E-state index in [0.29, 0.717) is 10.4 Å². The van der Waals surface area contributed by atoms with Gasteiger partial charge in [-0.05, 0) is 25.5 Å². The number of nitrogens with one attached hydrogen (secondary N) is 2. The fourth-order valence-electron chi connectivity index (χ4n) is 2.18. The molecule has 0 aliphatic rings. The van der Waals surface area contributed by atoms with E-state index in [0.717, 1.165) is 18.4 Å². The van der Waals surface area contributed by atoms with Crippen molar-refractivity contribution in [2.24, 2.45) is 0 Å². The minimum atomic E-state index is -5.20. The third-order valence-electron chi connectivity index (χ3n) is 3.52. The van der Waals surface area contributed by atoms with E-state index in [9.17, 15) is 22.8 Å². The van der Waals surface area contributed by atoms with Crippen molar-refractivity contribution in [3.63, 3.8) is 0 Å². The van der Waals surface area contributed by atoms with Crippen molar-refractivity contribution in [1.29, 1.82) is 0 Å². The molecule has 2 aromatic rings. The Morgan fingerprint density at radius 1 is 1.19 bits per heavy atom. The number of aryl methyl sites for hydroxylation is 2. The molecule has 0 aliphatic heterocycles. The van der Waals surface area contributed by atoms with Gasteiger partial charge in [0.1, 0.15) is 0 Å². The highest BCUT2D eigenvalue weighted by atomic mass is 32.1. The number of alkyl halides is 3. The first-order chi connectivity index (χ1) is 12.1. The average Bonchev–Trinajstić information content (AvgIpc) is 2.97. The summed E-state index contributed by atoms with van der Waals surface area (Å²) in [4.78, 5) is 29.0. The molecular weight excluding hydrogens is 371 g/mol. The monoisotopic (exact) mass is 387 g/mol. The Morgan fingerprint density at radius 3 is 2.35 bits per heavy atom. The summed E-state index contributed by atoms with van der Waals surface area (Å²) in [5.74, 6) is -2.79. The van der Waals surface area contributed by atoms with E-state index in [4.69, 9.17) is 0 Å². The Bertz CT molecular complexity index is 822. The Hall–Kier alpha value is -2.62. The summed E-state index contributed by atoms with van der Waals surface area (Å²) >= 11 is 0.903. The number of hydrogen-bond donors (Lipinski definition) is 2. The van der Waals surface area contributed by atoms with E-state index in [2.05, 4.69) is 9.72 Å². The Morgan fingerprint density at radius 2 is 1.85 bits per heavy atom. The third kappa shape index (κ3) is 3.79. The second-order valence-corrected chi connectivity index (χ2v) is 6.64. The molecule has 0 aliphatic carbocycles. The largest absolute Gasteiger partial charge is 0.466 e. The predicted molar refractivity (Wildman–Crippen MR) is 89.9 cm³/mol. The van der Waals surface area contributed by atoms with E-state index < -0.39 is 23.7 Å². The van der Waals surface area contributed by atoms with Crippen LogP contribution in [0.2, 0.25) is 0 Å². The van der Waals surface area contributed by atoms with Gasteiger partial charge in [0.05, 0.1) is 7.11 Å². The number of hydrogen-bond acceptors (Lipinski definition) is 6. The van der Waals surface area contributed by atoms with Crippen LogP contribution in [0.3, 0.4) is 0 Å². The maximum atomic E-state index is 13.9. The first kappa shape index (κ1) is 19.7. The van der Waals surface area contributed by atoms with Gasteiger partial charge in [-0.2, -0.15) is 13.2 Å². The van der Waals surface area contributed by atoms with Gasteiger partial charge in [0.2, 0.25) is 0 Å². The molecule has 1 aromatic heterocycles. The van der Waals surface area contributed by atoms with Gasteiger partial charge in [0.15, 0.2) is 5.13 Å². The number of carbonyl (C=O) groups is 2. The summed E-state index contributed by atoms with van der Waals surface area (Å²) in [6.07, 6.45) is -3.85. The number of methoxy groups -OCH3 is 1. The molecule has 0 saturated carbocycles. The number of ether oxygens (including phenoxy) is 1. The first-order valence-electron chi connectivity index (χ1n) is 7.34. The molecule has 10 heteroatoms. The van der Waals surface area contributed by atoms with Crippen LogP contribution in [0, 0.1) is 13.8 Å². The van der Waals surface area contributed by atoms with Gasteiger partial charge in [0, 0.05) is 16.6 Å². The third-order valence-corrected chi connectivity index (χ3v) is 4.35. The van der Waals surface area contributed by atoms with Gasteiger partial charge in [-0.25, -0.2) is 9.78 Å². The highest BCUT2D eigenvalue weighted by Crippen LogP contribution is 2.34. The number of rotatable bonds is 5. The molecule has 1 atom stereocenters. The number of amides is 1. The molecule has 0 fully saturated rings. The van der Waals surface area contributed by atoms with E-state index in [1.54, 1.807) is 31.3 Å². The van der Waals surface area contributed by atoms with Crippen LogP contribution in [-0.2, 0) is 9.53 Å². The highest BCUT2D eigenvalue weighted by Gasteiger charge is 2.64. The molecule has 0 spiro atoms. The van der Waals surface area contributed by atoms with Crippen LogP contribution in [-0.4, -0.2) is 35.8 Å². The fourth-order valence-corrected chi connectivity index (χ4v) is 2.90. The zero-order chi connectivity index (χ0) is 19.5. The van der Waals surface area contributed by atoms with Gasteiger partial charge in [-0.15, -0.1) is 11.3 Å². The first-order valence-corrected chi connectivity index (χ1v) is 8.16. The van der Waals surface area contributed by atoms with Crippen LogP contribution >= 0.6 is 11.3 Å². The topological polar surface area (TPSA) is 80.3 Å². The summed E-state index contributed by atoms with van der Waals surface area (Å²) in [6, 6.07) is 6.07. The van der Waals surface area contributed by atoms with E-state index in [-0.39, 0.29) is 10.7 Å². The lowest BCUT2D eigenvalue weighted by Gasteiger charge is -2.34. The van der Waals surface area contributed by atoms with Gasteiger partial charge in [-0.3, -0.25) is 4.79 Å². The number of esters is 1. The summed E-state index contributed by atoms with van der Waals surface area (Å²) in [7, 11) is 0.803. The quantitative estimate of drug-likeness (QED) is 0.609. The molecule has 0 saturated heterocycles. The molecule has 0 bridgehead atoms. The van der Waals surface area contributed by atoms with E-state index in [1.165, 1.54) is 18.3 Å². The van der Waals surface area contributed by atoms with Crippen LogP contribution in [0.4, 0.5) is 18.3 Å². The molecule has 140 valence electrons. The summed E-state index contributed by atoms with van der Waals surface area (Å²) in [6.45, 7) is 3.21. The van der Waals surface area contributed by atoms with Crippen molar-refractivity contribution in [2.75, 3.05) is 12.4 Å². The molecule has 2 rings (SSSR count). The Kier molecular flexibility index (Phi) is 5.55. The number of nitrogens with zero attached hydrogens (tertiary/aromatic N) is 1. The van der Waals surface area contributed by atoms with Crippen molar-refractivity contribution < 1.29 is 27.5 Å². The standard InChI is InChI=1S/C16H16F3N3O3S/c1-9-6-4-5-7-11(9)12(23)21-15(13(24)25-3,16(17,18)19)22-14-20-8-10(2)26-14/h4-8H,1-3H3,(H,20,22)(H,21,23)/t15-/m1/s1. The van der Waals surface area contributed by atoms with Crippen molar-refractivity contribution in [3.8, 4) is 0 Å². The minimum Gasteiger partial charge on any atom is -0.466 e. The number of benzene rings is 1. The lowest BCUT2D eigenvalue weighted by Crippen LogP contribution is -2.69. The maximum absolute atomic E-state index is 13.9. The van der Waals surface area contributed by atoms with Crippen molar-refractivity contribution in [3.05, 3.63) is 46.5 Å². The minimum absolute atomic E-state index is 0.00199.